The van der Waals surface area contributed by atoms with Gasteiger partial charge in [-0.1, -0.05) is 51.7 Å². The van der Waals surface area contributed by atoms with Crippen LogP contribution in [-0.4, -0.2) is 37.0 Å². The summed E-state index contributed by atoms with van der Waals surface area (Å²) in [6.07, 6.45) is 7.55. The molecular formula is C21H33ClFN3O2. The van der Waals surface area contributed by atoms with Gasteiger partial charge in [0.05, 0.1) is 5.56 Å². The molecule has 7 heteroatoms. The Hall–Kier alpha value is -1.66. The van der Waals surface area contributed by atoms with Crippen LogP contribution in [0.5, 0.6) is 0 Å². The Morgan fingerprint density at radius 2 is 1.71 bits per heavy atom. The molecule has 1 atom stereocenters. The smallest absolute Gasteiger partial charge is 0.254 e. The van der Waals surface area contributed by atoms with E-state index in [-0.39, 0.29) is 29.8 Å². The van der Waals surface area contributed by atoms with Crippen LogP contribution in [0.1, 0.15) is 62.7 Å². The van der Waals surface area contributed by atoms with E-state index in [4.69, 9.17) is 0 Å². The molecule has 0 spiro atoms. The number of nitrogens with one attached hydrogen (secondary N) is 3. The van der Waals surface area contributed by atoms with Crippen LogP contribution < -0.4 is 16.0 Å². The maximum absolute atomic E-state index is 13.8. The summed E-state index contributed by atoms with van der Waals surface area (Å²) in [5.41, 5.74) is -0.0500. The van der Waals surface area contributed by atoms with Gasteiger partial charge < -0.3 is 16.0 Å². The van der Waals surface area contributed by atoms with Crippen LogP contribution >= 0.6 is 12.4 Å². The van der Waals surface area contributed by atoms with Crippen LogP contribution in [0, 0.1) is 11.7 Å². The van der Waals surface area contributed by atoms with Gasteiger partial charge in [0, 0.05) is 19.1 Å². The minimum Gasteiger partial charge on any atom is -0.353 e. The average molecular weight is 414 g/mol. The first kappa shape index (κ1) is 24.4. The topological polar surface area (TPSA) is 70.2 Å². The largest absolute Gasteiger partial charge is 0.353 e. The third kappa shape index (κ3) is 7.76. The molecule has 5 nitrogen and oxygen atoms in total. The molecular weight excluding hydrogens is 381 g/mol. The van der Waals surface area contributed by atoms with E-state index in [0.717, 1.165) is 0 Å². The highest BCUT2D eigenvalue weighted by Crippen LogP contribution is 2.16. The number of halogens is 2. The van der Waals surface area contributed by atoms with Gasteiger partial charge in [0.1, 0.15) is 11.9 Å². The van der Waals surface area contributed by atoms with Gasteiger partial charge in [-0.2, -0.15) is 0 Å². The van der Waals surface area contributed by atoms with Crippen molar-refractivity contribution in [2.75, 3.05) is 13.1 Å². The molecule has 1 unspecified atom stereocenters. The molecule has 28 heavy (non-hydrogen) atoms. The SMILES string of the molecule is CC(C)C(NC(=O)c1ccccc1F)C(=O)NCCNC1CCCCCC1.Cl. The van der Waals surface area contributed by atoms with Crippen molar-refractivity contribution in [2.45, 2.75) is 64.5 Å². The minimum atomic E-state index is -0.699. The minimum absolute atomic E-state index is 0. The fourth-order valence-corrected chi connectivity index (χ4v) is 3.45. The zero-order chi connectivity index (χ0) is 19.6. The molecule has 0 saturated heterocycles. The zero-order valence-corrected chi connectivity index (χ0v) is 17.6. The van der Waals surface area contributed by atoms with Crippen LogP contribution in [0.2, 0.25) is 0 Å². The van der Waals surface area contributed by atoms with Gasteiger partial charge in [-0.3, -0.25) is 9.59 Å². The Labute approximate surface area is 173 Å². The van der Waals surface area contributed by atoms with Crippen molar-refractivity contribution in [3.05, 3.63) is 35.6 Å². The molecule has 1 aliphatic rings. The normalized spacial score (nSPS) is 16.0. The lowest BCUT2D eigenvalue weighted by molar-refractivity contribution is -0.123. The molecule has 1 aliphatic carbocycles. The lowest BCUT2D eigenvalue weighted by atomic mass is 10.0. The second-order valence-electron chi connectivity index (χ2n) is 7.61. The van der Waals surface area contributed by atoms with Crippen molar-refractivity contribution >= 4 is 24.2 Å². The summed E-state index contributed by atoms with van der Waals surface area (Å²) in [4.78, 5) is 24.8. The first-order chi connectivity index (χ1) is 13.0. The second-order valence-corrected chi connectivity index (χ2v) is 7.61. The molecule has 3 N–H and O–H groups in total. The summed E-state index contributed by atoms with van der Waals surface area (Å²) >= 11 is 0. The molecule has 1 aromatic carbocycles. The number of carbonyl (C=O) groups is 2. The molecule has 0 bridgehead atoms. The Bertz CT molecular complexity index is 619. The molecule has 2 rings (SSSR count). The number of amides is 2. The first-order valence-electron chi connectivity index (χ1n) is 10.1. The van der Waals surface area contributed by atoms with Crippen LogP contribution in [-0.2, 0) is 4.79 Å². The highest BCUT2D eigenvalue weighted by Gasteiger charge is 2.25. The number of benzene rings is 1. The standard InChI is InChI=1S/C21H32FN3O2.ClH/c1-15(2)19(25-20(26)17-11-7-8-12-18(17)22)21(27)24-14-13-23-16-9-5-3-4-6-10-16;/h7-8,11-12,15-16,19,23H,3-6,9-10,13-14H2,1-2H3,(H,24,27)(H,25,26);1H. The maximum Gasteiger partial charge on any atom is 0.254 e. The summed E-state index contributed by atoms with van der Waals surface area (Å²) in [7, 11) is 0. The Kier molecular flexibility index (Phi) is 11.1. The highest BCUT2D eigenvalue weighted by molar-refractivity contribution is 5.97. The Balaban J connectivity index is 0.00000392. The molecule has 1 fully saturated rings. The number of rotatable bonds is 8. The van der Waals surface area contributed by atoms with E-state index >= 15 is 0 Å². The molecule has 1 aromatic rings. The van der Waals surface area contributed by atoms with Crippen molar-refractivity contribution < 1.29 is 14.0 Å². The van der Waals surface area contributed by atoms with Crippen LogP contribution in [0.15, 0.2) is 24.3 Å². The van der Waals surface area contributed by atoms with Gasteiger partial charge in [-0.05, 0) is 30.9 Å². The summed E-state index contributed by atoms with van der Waals surface area (Å²) in [6, 6.07) is 5.61. The third-order valence-corrected chi connectivity index (χ3v) is 5.07. The van der Waals surface area contributed by atoms with E-state index in [1.807, 2.05) is 13.8 Å². The van der Waals surface area contributed by atoms with E-state index < -0.39 is 17.8 Å². The molecule has 0 aromatic heterocycles. The van der Waals surface area contributed by atoms with E-state index in [1.165, 1.54) is 56.7 Å². The first-order valence-corrected chi connectivity index (χ1v) is 10.1. The summed E-state index contributed by atoms with van der Waals surface area (Å²) in [5, 5.41) is 9.05. The quantitative estimate of drug-likeness (QED) is 0.451. The molecule has 1 saturated carbocycles. The fourth-order valence-electron chi connectivity index (χ4n) is 3.45. The van der Waals surface area contributed by atoms with Crippen LogP contribution in [0.3, 0.4) is 0 Å². The van der Waals surface area contributed by atoms with Gasteiger partial charge in [0.25, 0.3) is 5.91 Å². The summed E-state index contributed by atoms with van der Waals surface area (Å²) < 4.78 is 13.8. The molecule has 158 valence electrons. The molecule has 0 radical (unpaired) electrons. The van der Waals surface area contributed by atoms with E-state index in [1.54, 1.807) is 6.07 Å². The predicted molar refractivity (Wildman–Crippen MR) is 112 cm³/mol. The second kappa shape index (κ2) is 12.7. The number of carbonyl (C=O) groups excluding carboxylic acids is 2. The average Bonchev–Trinajstić information content (AvgIpc) is 2.92. The van der Waals surface area contributed by atoms with Gasteiger partial charge in [-0.15, -0.1) is 12.4 Å². The van der Waals surface area contributed by atoms with Gasteiger partial charge in [-0.25, -0.2) is 4.39 Å². The monoisotopic (exact) mass is 413 g/mol. The van der Waals surface area contributed by atoms with Gasteiger partial charge in [0.2, 0.25) is 5.91 Å². The van der Waals surface area contributed by atoms with Crippen LogP contribution in [0.25, 0.3) is 0 Å². The molecule has 0 heterocycles. The van der Waals surface area contributed by atoms with Crippen molar-refractivity contribution in [2.24, 2.45) is 5.92 Å². The van der Waals surface area contributed by atoms with E-state index in [9.17, 15) is 14.0 Å². The highest BCUT2D eigenvalue weighted by atomic mass is 35.5. The van der Waals surface area contributed by atoms with Crippen molar-refractivity contribution in [1.29, 1.82) is 0 Å². The zero-order valence-electron chi connectivity index (χ0n) is 16.8. The lowest BCUT2D eigenvalue weighted by Crippen LogP contribution is -2.51. The van der Waals surface area contributed by atoms with Crippen molar-refractivity contribution in [3.8, 4) is 0 Å². The summed E-state index contributed by atoms with van der Waals surface area (Å²) in [5.74, 6) is -1.50. The van der Waals surface area contributed by atoms with Crippen molar-refractivity contribution in [1.82, 2.24) is 16.0 Å². The predicted octanol–water partition coefficient (Wildman–Crippen LogP) is 3.43. The lowest BCUT2D eigenvalue weighted by Gasteiger charge is -2.22. The number of hydrogen-bond donors (Lipinski definition) is 3. The Morgan fingerprint density at radius 3 is 2.32 bits per heavy atom. The van der Waals surface area contributed by atoms with E-state index in [2.05, 4.69) is 16.0 Å². The third-order valence-electron chi connectivity index (χ3n) is 5.07. The maximum atomic E-state index is 13.8. The summed E-state index contributed by atoms with van der Waals surface area (Å²) in [6.45, 7) is 4.93. The Morgan fingerprint density at radius 1 is 1.07 bits per heavy atom. The fraction of sp³-hybridized carbons (Fsp3) is 0.619. The van der Waals surface area contributed by atoms with Gasteiger partial charge >= 0.3 is 0 Å². The van der Waals surface area contributed by atoms with Crippen LogP contribution in [0.4, 0.5) is 4.39 Å². The molecule has 0 aliphatic heterocycles. The molecule has 2 amide bonds. The van der Waals surface area contributed by atoms with Gasteiger partial charge in [0.15, 0.2) is 0 Å². The van der Waals surface area contributed by atoms with E-state index in [0.29, 0.717) is 19.1 Å². The van der Waals surface area contributed by atoms with Crippen molar-refractivity contribution in [3.63, 3.8) is 0 Å². The number of hydrogen-bond acceptors (Lipinski definition) is 3.